The molecule has 158 valence electrons. The predicted molar refractivity (Wildman–Crippen MR) is 120 cm³/mol. The minimum absolute atomic E-state index is 0.136. The first-order valence-corrected chi connectivity index (χ1v) is 11.0. The molecule has 1 heterocycles. The second kappa shape index (κ2) is 9.54. The third-order valence-electron chi connectivity index (χ3n) is 4.96. The molecule has 1 aliphatic rings. The number of carbonyl (C=O) groups is 2. The molecule has 7 heteroatoms. The van der Waals surface area contributed by atoms with Gasteiger partial charge >= 0.3 is 0 Å². The lowest BCUT2D eigenvalue weighted by Gasteiger charge is -2.14. The fourth-order valence-corrected chi connectivity index (χ4v) is 4.41. The highest BCUT2D eigenvalue weighted by Gasteiger charge is 2.39. The van der Waals surface area contributed by atoms with E-state index in [-0.39, 0.29) is 30.1 Å². The van der Waals surface area contributed by atoms with Gasteiger partial charge in [0.15, 0.2) is 0 Å². The van der Waals surface area contributed by atoms with E-state index in [1.54, 1.807) is 54.6 Å². The first-order valence-electron chi connectivity index (χ1n) is 9.71. The Morgan fingerprint density at radius 3 is 2.32 bits per heavy atom. The average molecular weight is 456 g/mol. The number of halogens is 2. The number of imide groups is 1. The molecule has 2 amide bonds. The number of nitrogens with zero attached hydrogens (tertiary/aromatic N) is 1. The van der Waals surface area contributed by atoms with E-state index in [9.17, 15) is 14.0 Å². The first kappa shape index (κ1) is 21.4. The van der Waals surface area contributed by atoms with E-state index in [2.05, 4.69) is 0 Å². The number of carbonyl (C=O) groups excluding carboxylic acids is 2. The molecule has 4 nitrogen and oxygen atoms in total. The summed E-state index contributed by atoms with van der Waals surface area (Å²) in [6, 6.07) is 20.9. The highest BCUT2D eigenvalue weighted by atomic mass is 35.5. The molecule has 3 aromatic rings. The van der Waals surface area contributed by atoms with Gasteiger partial charge in [-0.3, -0.25) is 14.5 Å². The molecular formula is C24H19ClFNO3S. The molecule has 31 heavy (non-hydrogen) atoms. The highest BCUT2D eigenvalue weighted by Crippen LogP contribution is 2.31. The molecule has 0 spiro atoms. The van der Waals surface area contributed by atoms with Crippen LogP contribution in [0.3, 0.4) is 0 Å². The van der Waals surface area contributed by atoms with Crippen molar-refractivity contribution in [2.24, 2.45) is 0 Å². The first-order chi connectivity index (χ1) is 15.0. The van der Waals surface area contributed by atoms with Gasteiger partial charge in [0.25, 0.3) is 5.24 Å². The van der Waals surface area contributed by atoms with Crippen LogP contribution in [0.5, 0.6) is 5.75 Å². The lowest BCUT2D eigenvalue weighted by molar-refractivity contribution is -0.127. The van der Waals surface area contributed by atoms with E-state index >= 15 is 0 Å². The largest absolute Gasteiger partial charge is 0.489 e. The maximum Gasteiger partial charge on any atom is 0.289 e. The number of ether oxygens (including phenoxy) is 1. The van der Waals surface area contributed by atoms with Gasteiger partial charge in [0.1, 0.15) is 18.2 Å². The van der Waals surface area contributed by atoms with E-state index < -0.39 is 5.25 Å². The fraction of sp³-hybridized carbons (Fsp3) is 0.167. The lowest BCUT2D eigenvalue weighted by atomic mass is 10.1. The van der Waals surface area contributed by atoms with Crippen molar-refractivity contribution in [1.82, 2.24) is 4.90 Å². The van der Waals surface area contributed by atoms with Crippen LogP contribution in [0.4, 0.5) is 9.18 Å². The zero-order chi connectivity index (χ0) is 21.8. The van der Waals surface area contributed by atoms with Crippen LogP contribution in [-0.2, 0) is 24.4 Å². The van der Waals surface area contributed by atoms with Crippen LogP contribution in [0.2, 0.25) is 5.02 Å². The topological polar surface area (TPSA) is 46.6 Å². The number of benzene rings is 3. The van der Waals surface area contributed by atoms with Crippen LogP contribution in [0.15, 0.2) is 72.8 Å². The smallest absolute Gasteiger partial charge is 0.289 e. The molecule has 1 atom stereocenters. The standard InChI is InChI=1S/C24H19ClFNO3S/c25-19-9-5-17(6-10-19)14-27-23(28)22(31-24(27)29)13-16-7-11-20(12-8-16)30-15-18-3-1-2-4-21(18)26/h1-12,22H,13-15H2/t22-/m0/s1. The van der Waals surface area contributed by atoms with Crippen molar-refractivity contribution < 1.29 is 18.7 Å². The number of hydrogen-bond donors (Lipinski definition) is 0. The van der Waals surface area contributed by atoms with Crippen molar-refractivity contribution >= 4 is 34.5 Å². The highest BCUT2D eigenvalue weighted by molar-refractivity contribution is 8.15. The minimum Gasteiger partial charge on any atom is -0.489 e. The Kier molecular flexibility index (Phi) is 6.59. The third-order valence-corrected chi connectivity index (χ3v) is 6.28. The summed E-state index contributed by atoms with van der Waals surface area (Å²) in [5, 5.41) is -0.0869. The summed E-state index contributed by atoms with van der Waals surface area (Å²) in [4.78, 5) is 26.4. The van der Waals surface area contributed by atoms with Crippen molar-refractivity contribution in [3.05, 3.63) is 100 Å². The second-order valence-corrected chi connectivity index (χ2v) is 8.74. The van der Waals surface area contributed by atoms with Crippen molar-refractivity contribution in [2.75, 3.05) is 0 Å². The third kappa shape index (κ3) is 5.27. The Labute approximate surface area is 189 Å². The number of amides is 2. The fourth-order valence-electron chi connectivity index (χ4n) is 3.26. The van der Waals surface area contributed by atoms with Crippen LogP contribution >= 0.6 is 23.4 Å². The summed E-state index contributed by atoms with van der Waals surface area (Å²) in [7, 11) is 0. The molecule has 0 aromatic heterocycles. The zero-order valence-electron chi connectivity index (χ0n) is 16.5. The molecule has 0 radical (unpaired) electrons. The van der Waals surface area contributed by atoms with Crippen LogP contribution in [0, 0.1) is 5.82 Å². The monoisotopic (exact) mass is 455 g/mol. The zero-order valence-corrected chi connectivity index (χ0v) is 18.0. The number of rotatable bonds is 7. The molecule has 4 rings (SSSR count). The van der Waals surface area contributed by atoms with Crippen molar-refractivity contribution in [3.63, 3.8) is 0 Å². The van der Waals surface area contributed by atoms with Crippen LogP contribution in [0.1, 0.15) is 16.7 Å². The Balaban J connectivity index is 1.34. The van der Waals surface area contributed by atoms with E-state index in [0.717, 1.165) is 22.9 Å². The van der Waals surface area contributed by atoms with E-state index in [1.807, 2.05) is 12.1 Å². The van der Waals surface area contributed by atoms with Gasteiger partial charge in [-0.05, 0) is 47.9 Å². The normalized spacial score (nSPS) is 16.1. The second-order valence-electron chi connectivity index (χ2n) is 7.15. The molecular weight excluding hydrogens is 437 g/mol. The van der Waals surface area contributed by atoms with Crippen LogP contribution < -0.4 is 4.74 Å². The van der Waals surface area contributed by atoms with Gasteiger partial charge < -0.3 is 4.74 Å². The predicted octanol–water partition coefficient (Wildman–Crippen LogP) is 5.86. The quantitative estimate of drug-likeness (QED) is 0.447. The van der Waals surface area contributed by atoms with Gasteiger partial charge in [-0.1, -0.05) is 65.8 Å². The SMILES string of the molecule is O=C1S[C@@H](Cc2ccc(OCc3ccccc3F)cc2)C(=O)N1Cc1ccc(Cl)cc1. The van der Waals surface area contributed by atoms with Crippen molar-refractivity contribution in [3.8, 4) is 5.75 Å². The molecule has 3 aromatic carbocycles. The number of thioether (sulfide) groups is 1. The minimum atomic E-state index is -0.454. The summed E-state index contributed by atoms with van der Waals surface area (Å²) in [5.74, 6) is 0.117. The molecule has 0 unspecified atom stereocenters. The van der Waals surface area contributed by atoms with Gasteiger partial charge in [0, 0.05) is 10.6 Å². The van der Waals surface area contributed by atoms with Gasteiger partial charge in [-0.15, -0.1) is 0 Å². The number of hydrogen-bond acceptors (Lipinski definition) is 4. The maximum absolute atomic E-state index is 13.7. The van der Waals surface area contributed by atoms with Crippen molar-refractivity contribution in [1.29, 1.82) is 0 Å². The molecule has 1 fully saturated rings. The molecule has 1 aliphatic heterocycles. The summed E-state index contributed by atoms with van der Waals surface area (Å²) < 4.78 is 19.3. The molecule has 0 saturated carbocycles. The molecule has 0 aliphatic carbocycles. The van der Waals surface area contributed by atoms with Gasteiger partial charge in [0.2, 0.25) is 5.91 Å². The molecule has 0 bridgehead atoms. The Hall–Kier alpha value is -2.83. The Bertz CT molecular complexity index is 1090. The van der Waals surface area contributed by atoms with E-state index in [1.165, 1.54) is 11.0 Å². The summed E-state index contributed by atoms with van der Waals surface area (Å²) >= 11 is 6.94. The van der Waals surface area contributed by atoms with Crippen LogP contribution in [0.25, 0.3) is 0 Å². The van der Waals surface area contributed by atoms with Crippen molar-refractivity contribution in [2.45, 2.75) is 24.8 Å². The lowest BCUT2D eigenvalue weighted by Crippen LogP contribution is -2.31. The van der Waals surface area contributed by atoms with Crippen LogP contribution in [-0.4, -0.2) is 21.3 Å². The average Bonchev–Trinajstić information content (AvgIpc) is 3.03. The Morgan fingerprint density at radius 1 is 0.935 bits per heavy atom. The summed E-state index contributed by atoms with van der Waals surface area (Å²) in [6.45, 7) is 0.373. The van der Waals surface area contributed by atoms with Gasteiger partial charge in [0.05, 0.1) is 11.8 Å². The summed E-state index contributed by atoms with van der Waals surface area (Å²) in [5.41, 5.74) is 2.26. The van der Waals surface area contributed by atoms with Gasteiger partial charge in [-0.2, -0.15) is 0 Å². The Morgan fingerprint density at radius 2 is 1.61 bits per heavy atom. The molecule has 1 saturated heterocycles. The van der Waals surface area contributed by atoms with Gasteiger partial charge in [-0.25, -0.2) is 4.39 Å². The van der Waals surface area contributed by atoms with E-state index in [0.29, 0.717) is 22.8 Å². The van der Waals surface area contributed by atoms with E-state index in [4.69, 9.17) is 16.3 Å². The maximum atomic E-state index is 13.7. The molecule has 0 N–H and O–H groups in total. The summed E-state index contributed by atoms with van der Waals surface area (Å²) in [6.07, 6.45) is 0.444.